The van der Waals surface area contributed by atoms with Crippen molar-refractivity contribution in [3.8, 4) is 5.69 Å². The lowest BCUT2D eigenvalue weighted by molar-refractivity contribution is 0.0944. The predicted molar refractivity (Wildman–Crippen MR) is 103 cm³/mol. The summed E-state index contributed by atoms with van der Waals surface area (Å²) < 4.78 is 3.39. The SMILES string of the molecule is Cc1c(C(=O)NCc2cn(Cc3ccccc3)nn2)nnn1-c1ccccc1. The summed E-state index contributed by atoms with van der Waals surface area (Å²) in [5.74, 6) is -0.294. The van der Waals surface area contributed by atoms with Gasteiger partial charge in [0.05, 0.1) is 30.7 Å². The van der Waals surface area contributed by atoms with Gasteiger partial charge in [0.2, 0.25) is 0 Å². The van der Waals surface area contributed by atoms with Gasteiger partial charge in [-0.05, 0) is 24.6 Å². The van der Waals surface area contributed by atoms with Gasteiger partial charge < -0.3 is 5.32 Å². The van der Waals surface area contributed by atoms with Gasteiger partial charge >= 0.3 is 0 Å². The summed E-state index contributed by atoms with van der Waals surface area (Å²) in [6.45, 7) is 2.72. The fourth-order valence-corrected chi connectivity index (χ4v) is 2.88. The second kappa shape index (κ2) is 7.83. The highest BCUT2D eigenvalue weighted by Gasteiger charge is 2.17. The summed E-state index contributed by atoms with van der Waals surface area (Å²) in [6.07, 6.45) is 1.82. The maximum Gasteiger partial charge on any atom is 0.274 e. The van der Waals surface area contributed by atoms with Crippen LogP contribution >= 0.6 is 0 Å². The van der Waals surface area contributed by atoms with Crippen LogP contribution in [0.2, 0.25) is 0 Å². The average molecular weight is 373 g/mol. The lowest BCUT2D eigenvalue weighted by atomic mass is 10.2. The summed E-state index contributed by atoms with van der Waals surface area (Å²) in [5, 5.41) is 19.2. The van der Waals surface area contributed by atoms with Gasteiger partial charge in [-0.25, -0.2) is 9.36 Å². The quantitative estimate of drug-likeness (QED) is 0.559. The van der Waals surface area contributed by atoms with E-state index < -0.39 is 0 Å². The second-order valence-electron chi connectivity index (χ2n) is 6.35. The van der Waals surface area contributed by atoms with Crippen LogP contribution < -0.4 is 5.32 Å². The van der Waals surface area contributed by atoms with E-state index in [1.807, 2.05) is 73.8 Å². The van der Waals surface area contributed by atoms with Crippen molar-refractivity contribution in [2.45, 2.75) is 20.0 Å². The third-order valence-electron chi connectivity index (χ3n) is 4.31. The van der Waals surface area contributed by atoms with E-state index in [-0.39, 0.29) is 12.5 Å². The average Bonchev–Trinajstić information content (AvgIpc) is 3.34. The van der Waals surface area contributed by atoms with Gasteiger partial charge in [-0.2, -0.15) is 0 Å². The van der Waals surface area contributed by atoms with E-state index in [4.69, 9.17) is 0 Å². The fraction of sp³-hybridized carbons (Fsp3) is 0.150. The first-order valence-electron chi connectivity index (χ1n) is 8.89. The van der Waals surface area contributed by atoms with Crippen molar-refractivity contribution < 1.29 is 4.79 Å². The Morgan fingerprint density at radius 3 is 2.43 bits per heavy atom. The Balaban J connectivity index is 1.39. The summed E-state index contributed by atoms with van der Waals surface area (Å²) in [7, 11) is 0. The largest absolute Gasteiger partial charge is 0.345 e. The maximum absolute atomic E-state index is 12.5. The van der Waals surface area contributed by atoms with Crippen molar-refractivity contribution in [1.29, 1.82) is 0 Å². The Labute approximate surface area is 161 Å². The molecule has 8 heteroatoms. The number of benzene rings is 2. The predicted octanol–water partition coefficient (Wildman–Crippen LogP) is 2.15. The minimum atomic E-state index is -0.294. The highest BCUT2D eigenvalue weighted by Crippen LogP contribution is 2.11. The Morgan fingerprint density at radius 1 is 0.964 bits per heavy atom. The van der Waals surface area contributed by atoms with Crippen LogP contribution in [0.5, 0.6) is 0 Å². The van der Waals surface area contributed by atoms with Crippen LogP contribution in [-0.2, 0) is 13.1 Å². The maximum atomic E-state index is 12.5. The van der Waals surface area contributed by atoms with Gasteiger partial charge in [0.15, 0.2) is 5.69 Å². The van der Waals surface area contributed by atoms with Crippen molar-refractivity contribution in [1.82, 2.24) is 35.3 Å². The number of hydrogen-bond donors (Lipinski definition) is 1. The molecule has 0 aliphatic heterocycles. The molecule has 2 aromatic carbocycles. The number of nitrogens with one attached hydrogen (secondary N) is 1. The van der Waals surface area contributed by atoms with Crippen molar-refractivity contribution >= 4 is 5.91 Å². The lowest BCUT2D eigenvalue weighted by Gasteiger charge is -2.04. The smallest absolute Gasteiger partial charge is 0.274 e. The number of carbonyl (C=O) groups is 1. The standard InChI is InChI=1S/C20H19N7O/c1-15-19(23-25-27(15)18-10-6-3-7-11-18)20(28)21-12-17-14-26(24-22-17)13-16-8-4-2-5-9-16/h2-11,14H,12-13H2,1H3,(H,21,28). The number of amides is 1. The first kappa shape index (κ1) is 17.6. The molecular weight excluding hydrogens is 354 g/mol. The molecule has 4 rings (SSSR count). The molecule has 0 spiro atoms. The van der Waals surface area contributed by atoms with Crippen molar-refractivity contribution in [2.24, 2.45) is 0 Å². The molecule has 0 atom stereocenters. The summed E-state index contributed by atoms with van der Waals surface area (Å²) in [6, 6.07) is 19.6. The molecule has 28 heavy (non-hydrogen) atoms. The number of rotatable bonds is 6. The molecule has 2 aromatic heterocycles. The number of aromatic nitrogens is 6. The van der Waals surface area contributed by atoms with E-state index >= 15 is 0 Å². The molecule has 0 bridgehead atoms. The molecule has 1 N–H and O–H groups in total. The Kier molecular flexibility index (Phi) is 4.92. The minimum Gasteiger partial charge on any atom is -0.345 e. The molecule has 2 heterocycles. The fourth-order valence-electron chi connectivity index (χ4n) is 2.88. The summed E-state index contributed by atoms with van der Waals surface area (Å²) >= 11 is 0. The van der Waals surface area contributed by atoms with Crippen molar-refractivity contribution in [2.75, 3.05) is 0 Å². The van der Waals surface area contributed by atoms with E-state index in [1.165, 1.54) is 0 Å². The van der Waals surface area contributed by atoms with E-state index in [0.29, 0.717) is 23.6 Å². The van der Waals surface area contributed by atoms with E-state index in [2.05, 4.69) is 25.9 Å². The number of para-hydroxylation sites is 1. The highest BCUT2D eigenvalue weighted by atomic mass is 16.2. The van der Waals surface area contributed by atoms with Crippen LogP contribution in [0.25, 0.3) is 5.69 Å². The second-order valence-corrected chi connectivity index (χ2v) is 6.35. The molecule has 1 amide bonds. The lowest BCUT2D eigenvalue weighted by Crippen LogP contribution is -2.24. The number of carbonyl (C=O) groups excluding carboxylic acids is 1. The molecule has 4 aromatic rings. The Morgan fingerprint density at radius 2 is 1.68 bits per heavy atom. The number of hydrogen-bond acceptors (Lipinski definition) is 5. The third kappa shape index (κ3) is 3.80. The van der Waals surface area contributed by atoms with Gasteiger partial charge in [0, 0.05) is 0 Å². The van der Waals surface area contributed by atoms with Gasteiger partial charge in [-0.1, -0.05) is 59.0 Å². The summed E-state index contributed by atoms with van der Waals surface area (Å²) in [4.78, 5) is 12.5. The van der Waals surface area contributed by atoms with Crippen LogP contribution in [0.3, 0.4) is 0 Å². The Hall–Kier alpha value is -3.81. The van der Waals surface area contributed by atoms with Crippen LogP contribution in [0, 0.1) is 6.92 Å². The van der Waals surface area contributed by atoms with Gasteiger partial charge in [-0.15, -0.1) is 10.2 Å². The molecular formula is C20H19N7O. The van der Waals surface area contributed by atoms with Crippen LogP contribution in [0.1, 0.15) is 27.4 Å². The molecule has 0 fully saturated rings. The summed E-state index contributed by atoms with van der Waals surface area (Å²) in [5.41, 5.74) is 3.64. The Bertz CT molecular complexity index is 1070. The molecule has 0 saturated carbocycles. The van der Waals surface area contributed by atoms with Crippen LogP contribution in [0.4, 0.5) is 0 Å². The molecule has 0 unspecified atom stereocenters. The normalized spacial score (nSPS) is 10.8. The molecule has 0 saturated heterocycles. The molecule has 0 aliphatic carbocycles. The molecule has 0 aliphatic rings. The molecule has 0 radical (unpaired) electrons. The highest BCUT2D eigenvalue weighted by molar-refractivity contribution is 5.93. The molecule has 140 valence electrons. The van der Waals surface area contributed by atoms with Gasteiger partial charge in [-0.3, -0.25) is 4.79 Å². The third-order valence-corrected chi connectivity index (χ3v) is 4.31. The first-order valence-corrected chi connectivity index (χ1v) is 8.89. The van der Waals surface area contributed by atoms with E-state index in [1.54, 1.807) is 9.36 Å². The van der Waals surface area contributed by atoms with Crippen molar-refractivity contribution in [3.05, 3.63) is 89.5 Å². The monoisotopic (exact) mass is 373 g/mol. The minimum absolute atomic E-state index is 0.269. The van der Waals surface area contributed by atoms with E-state index in [0.717, 1.165) is 11.3 Å². The first-order chi connectivity index (χ1) is 13.7. The van der Waals surface area contributed by atoms with Gasteiger partial charge in [0.25, 0.3) is 5.91 Å². The van der Waals surface area contributed by atoms with Crippen molar-refractivity contribution in [3.63, 3.8) is 0 Å². The zero-order valence-corrected chi connectivity index (χ0v) is 15.4. The van der Waals surface area contributed by atoms with E-state index in [9.17, 15) is 4.79 Å². The van der Waals surface area contributed by atoms with Gasteiger partial charge in [0.1, 0.15) is 5.69 Å². The topological polar surface area (TPSA) is 90.5 Å². The zero-order chi connectivity index (χ0) is 19.3. The zero-order valence-electron chi connectivity index (χ0n) is 15.4. The van der Waals surface area contributed by atoms with Crippen LogP contribution in [-0.4, -0.2) is 35.9 Å². The number of nitrogens with zero attached hydrogens (tertiary/aromatic N) is 6. The molecule has 8 nitrogen and oxygen atoms in total. The van der Waals surface area contributed by atoms with Crippen LogP contribution in [0.15, 0.2) is 66.9 Å².